The van der Waals surface area contributed by atoms with Crippen LogP contribution in [0.25, 0.3) is 0 Å². The van der Waals surface area contributed by atoms with E-state index in [2.05, 4.69) is 39.7 Å². The quantitative estimate of drug-likeness (QED) is 0.780. The third kappa shape index (κ3) is 3.35. The van der Waals surface area contributed by atoms with E-state index >= 15 is 0 Å². The van der Waals surface area contributed by atoms with Gasteiger partial charge in [0.2, 0.25) is 0 Å². The zero-order valence-electron chi connectivity index (χ0n) is 12.0. The van der Waals surface area contributed by atoms with E-state index in [0.717, 1.165) is 17.8 Å². The van der Waals surface area contributed by atoms with Crippen LogP contribution in [-0.2, 0) is 13.6 Å². The van der Waals surface area contributed by atoms with Crippen LogP contribution in [0.1, 0.15) is 22.9 Å². The molecule has 4 nitrogen and oxygen atoms in total. The van der Waals surface area contributed by atoms with Gasteiger partial charge in [-0.05, 0) is 17.7 Å². The number of nitrogens with zero attached hydrogens (tertiary/aromatic N) is 3. The minimum Gasteiger partial charge on any atom is -0.301 e. The van der Waals surface area contributed by atoms with Gasteiger partial charge in [-0.3, -0.25) is 9.67 Å². The molecule has 1 N–H and O–H groups in total. The van der Waals surface area contributed by atoms with Crippen LogP contribution in [0.3, 0.4) is 0 Å². The number of nitrogens with one attached hydrogen (secondary N) is 1. The molecule has 0 aliphatic rings. The molecule has 0 saturated heterocycles. The Balaban J connectivity index is 1.83. The Morgan fingerprint density at radius 3 is 2.57 bits per heavy atom. The first kappa shape index (κ1) is 13.5. The summed E-state index contributed by atoms with van der Waals surface area (Å²) >= 11 is 0. The molecule has 0 bridgehead atoms. The summed E-state index contributed by atoms with van der Waals surface area (Å²) in [6.45, 7) is 0.754. The van der Waals surface area contributed by atoms with Crippen molar-refractivity contribution in [3.8, 4) is 0 Å². The van der Waals surface area contributed by atoms with Crippen LogP contribution in [0.5, 0.6) is 0 Å². The third-order valence-electron chi connectivity index (χ3n) is 3.39. The number of hydrogen-bond donors (Lipinski definition) is 1. The zero-order valence-corrected chi connectivity index (χ0v) is 12.0. The van der Waals surface area contributed by atoms with E-state index in [0.29, 0.717) is 0 Å². The van der Waals surface area contributed by atoms with Crippen molar-refractivity contribution in [1.29, 1.82) is 0 Å². The lowest BCUT2D eigenvalue weighted by Gasteiger charge is -2.18. The SMILES string of the molecule is Cn1cc(CNC(c2ccccc2)c2ccccn2)cn1. The molecule has 0 radical (unpaired) electrons. The molecule has 1 aromatic carbocycles. The first-order chi connectivity index (χ1) is 10.3. The Morgan fingerprint density at radius 1 is 1.10 bits per heavy atom. The Labute approximate surface area is 124 Å². The van der Waals surface area contributed by atoms with Crippen LogP contribution in [0.4, 0.5) is 0 Å². The van der Waals surface area contributed by atoms with Crippen molar-refractivity contribution in [2.75, 3.05) is 0 Å². The lowest BCUT2D eigenvalue weighted by Crippen LogP contribution is -2.22. The molecule has 0 spiro atoms. The molecular weight excluding hydrogens is 260 g/mol. The van der Waals surface area contributed by atoms with Gasteiger partial charge < -0.3 is 5.32 Å². The molecule has 3 rings (SSSR count). The fraction of sp³-hybridized carbons (Fsp3) is 0.176. The van der Waals surface area contributed by atoms with E-state index in [1.165, 1.54) is 5.56 Å². The second-order valence-corrected chi connectivity index (χ2v) is 5.00. The van der Waals surface area contributed by atoms with Gasteiger partial charge in [0.25, 0.3) is 0 Å². The number of aromatic nitrogens is 3. The maximum atomic E-state index is 4.49. The fourth-order valence-corrected chi connectivity index (χ4v) is 2.37. The summed E-state index contributed by atoms with van der Waals surface area (Å²) in [6.07, 6.45) is 5.73. The summed E-state index contributed by atoms with van der Waals surface area (Å²) in [7, 11) is 1.93. The first-order valence-electron chi connectivity index (χ1n) is 7.00. The summed E-state index contributed by atoms with van der Waals surface area (Å²) in [6, 6.07) is 16.5. The predicted molar refractivity (Wildman–Crippen MR) is 82.6 cm³/mol. The van der Waals surface area contributed by atoms with E-state index in [9.17, 15) is 0 Å². The van der Waals surface area contributed by atoms with Crippen molar-refractivity contribution < 1.29 is 0 Å². The smallest absolute Gasteiger partial charge is 0.0754 e. The van der Waals surface area contributed by atoms with Crippen molar-refractivity contribution in [1.82, 2.24) is 20.1 Å². The molecule has 1 atom stereocenters. The van der Waals surface area contributed by atoms with Gasteiger partial charge >= 0.3 is 0 Å². The van der Waals surface area contributed by atoms with Gasteiger partial charge in [0, 0.05) is 31.5 Å². The normalized spacial score (nSPS) is 12.2. The molecule has 4 heteroatoms. The predicted octanol–water partition coefficient (Wildman–Crippen LogP) is 2.69. The number of pyridine rings is 1. The van der Waals surface area contributed by atoms with E-state index in [-0.39, 0.29) is 6.04 Å². The van der Waals surface area contributed by atoms with Gasteiger partial charge in [0.1, 0.15) is 0 Å². The average Bonchev–Trinajstić information content (AvgIpc) is 2.95. The molecule has 106 valence electrons. The van der Waals surface area contributed by atoms with Gasteiger partial charge in [-0.25, -0.2) is 0 Å². The second-order valence-electron chi connectivity index (χ2n) is 5.00. The van der Waals surface area contributed by atoms with Crippen molar-refractivity contribution in [3.63, 3.8) is 0 Å². The number of benzene rings is 1. The summed E-state index contributed by atoms with van der Waals surface area (Å²) in [5.41, 5.74) is 3.39. The third-order valence-corrected chi connectivity index (χ3v) is 3.39. The summed E-state index contributed by atoms with van der Waals surface area (Å²) < 4.78 is 1.81. The van der Waals surface area contributed by atoms with Gasteiger partial charge in [0.15, 0.2) is 0 Å². The van der Waals surface area contributed by atoms with Gasteiger partial charge in [0.05, 0.1) is 17.9 Å². The summed E-state index contributed by atoms with van der Waals surface area (Å²) in [4.78, 5) is 4.49. The number of hydrogen-bond acceptors (Lipinski definition) is 3. The molecular formula is C17H18N4. The van der Waals surface area contributed by atoms with Crippen molar-refractivity contribution in [2.45, 2.75) is 12.6 Å². The van der Waals surface area contributed by atoms with Crippen molar-refractivity contribution >= 4 is 0 Å². The Bertz CT molecular complexity index is 637. The molecule has 0 fully saturated rings. The lowest BCUT2D eigenvalue weighted by molar-refractivity contribution is 0.591. The van der Waals surface area contributed by atoms with E-state index in [1.54, 1.807) is 0 Å². The van der Waals surface area contributed by atoms with E-state index in [1.807, 2.05) is 54.6 Å². The highest BCUT2D eigenvalue weighted by atomic mass is 15.2. The van der Waals surface area contributed by atoms with E-state index < -0.39 is 0 Å². The van der Waals surface area contributed by atoms with Gasteiger partial charge in [-0.1, -0.05) is 36.4 Å². The second kappa shape index (κ2) is 6.33. The summed E-state index contributed by atoms with van der Waals surface area (Å²) in [5.74, 6) is 0. The Hall–Kier alpha value is -2.46. The molecule has 0 saturated carbocycles. The monoisotopic (exact) mass is 278 g/mol. The highest BCUT2D eigenvalue weighted by molar-refractivity contribution is 5.27. The number of rotatable bonds is 5. The molecule has 0 aliphatic carbocycles. The Morgan fingerprint density at radius 2 is 1.90 bits per heavy atom. The van der Waals surface area contributed by atoms with Crippen LogP contribution >= 0.6 is 0 Å². The maximum Gasteiger partial charge on any atom is 0.0754 e. The molecule has 3 aromatic rings. The van der Waals surface area contributed by atoms with E-state index in [4.69, 9.17) is 0 Å². The molecule has 2 aromatic heterocycles. The lowest BCUT2D eigenvalue weighted by atomic mass is 10.0. The Kier molecular flexibility index (Phi) is 4.07. The minimum absolute atomic E-state index is 0.0765. The number of aryl methyl sites for hydroxylation is 1. The zero-order chi connectivity index (χ0) is 14.5. The van der Waals surface area contributed by atoms with Crippen LogP contribution in [0.15, 0.2) is 67.1 Å². The van der Waals surface area contributed by atoms with Gasteiger partial charge in [-0.15, -0.1) is 0 Å². The largest absolute Gasteiger partial charge is 0.301 e. The van der Waals surface area contributed by atoms with Crippen LogP contribution in [0, 0.1) is 0 Å². The highest BCUT2D eigenvalue weighted by Gasteiger charge is 2.14. The van der Waals surface area contributed by atoms with Crippen LogP contribution in [-0.4, -0.2) is 14.8 Å². The molecule has 2 heterocycles. The first-order valence-corrected chi connectivity index (χ1v) is 7.00. The fourth-order valence-electron chi connectivity index (χ4n) is 2.37. The van der Waals surface area contributed by atoms with Gasteiger partial charge in [-0.2, -0.15) is 5.10 Å². The highest BCUT2D eigenvalue weighted by Crippen LogP contribution is 2.20. The van der Waals surface area contributed by atoms with Crippen LogP contribution in [0.2, 0.25) is 0 Å². The molecule has 0 amide bonds. The summed E-state index contributed by atoms with van der Waals surface area (Å²) in [5, 5.41) is 7.77. The van der Waals surface area contributed by atoms with Crippen LogP contribution < -0.4 is 5.32 Å². The van der Waals surface area contributed by atoms with Crippen molar-refractivity contribution in [3.05, 3.63) is 83.9 Å². The van der Waals surface area contributed by atoms with Crippen molar-refractivity contribution in [2.24, 2.45) is 7.05 Å². The maximum absolute atomic E-state index is 4.49. The molecule has 0 aliphatic heterocycles. The molecule has 1 unspecified atom stereocenters. The topological polar surface area (TPSA) is 42.7 Å². The minimum atomic E-state index is 0.0765. The standard InChI is InChI=1S/C17H18N4/c1-21-13-14(12-20-21)11-19-17(15-7-3-2-4-8-15)16-9-5-6-10-18-16/h2-10,12-13,17,19H,11H2,1H3. The molecule has 21 heavy (non-hydrogen) atoms. The average molecular weight is 278 g/mol.